The van der Waals surface area contributed by atoms with E-state index in [1.54, 1.807) is 18.2 Å². The summed E-state index contributed by atoms with van der Waals surface area (Å²) in [6.45, 7) is 12.3. The second-order valence-electron chi connectivity index (χ2n) is 9.21. The van der Waals surface area contributed by atoms with E-state index in [1.165, 1.54) is 0 Å². The molecule has 0 aromatic heterocycles. The molecule has 4 nitrogen and oxygen atoms in total. The van der Waals surface area contributed by atoms with Crippen molar-refractivity contribution in [2.45, 2.75) is 59.5 Å². The largest absolute Gasteiger partial charge is 0.453 e. The van der Waals surface area contributed by atoms with Crippen LogP contribution in [0.25, 0.3) is 0 Å². The summed E-state index contributed by atoms with van der Waals surface area (Å²) < 4.78 is 12.3. The van der Waals surface area contributed by atoms with Crippen LogP contribution in [0.1, 0.15) is 55.6 Å². The summed E-state index contributed by atoms with van der Waals surface area (Å²) in [6, 6.07) is 20.8. The van der Waals surface area contributed by atoms with Crippen molar-refractivity contribution in [1.29, 1.82) is 0 Å². The first-order valence-electron chi connectivity index (χ1n) is 11.1. The molecule has 0 heterocycles. The fourth-order valence-corrected chi connectivity index (χ4v) is 3.37. The molecule has 1 N–H and O–H groups in total. The van der Waals surface area contributed by atoms with Crippen molar-refractivity contribution < 1.29 is 14.3 Å². The number of nitrogens with one attached hydrogen (secondary N) is 1. The SMILES string of the molecule is CCC(NC(C)(C)C)C(=O)c1ccc(Oc2ccc(C)cc2)c(Oc2ccc(C)cc2)c1. The van der Waals surface area contributed by atoms with Crippen molar-refractivity contribution in [3.63, 3.8) is 0 Å². The zero-order valence-electron chi connectivity index (χ0n) is 19.9. The van der Waals surface area contributed by atoms with Crippen molar-refractivity contribution in [3.8, 4) is 23.0 Å². The molecule has 0 aliphatic heterocycles. The quantitative estimate of drug-likeness (QED) is 0.382. The van der Waals surface area contributed by atoms with E-state index in [0.717, 1.165) is 11.1 Å². The van der Waals surface area contributed by atoms with E-state index < -0.39 is 0 Å². The Bertz CT molecular complexity index is 1050. The van der Waals surface area contributed by atoms with E-state index in [0.29, 0.717) is 35.0 Å². The molecule has 3 aromatic carbocycles. The standard InChI is InChI=1S/C28H33NO3/c1-7-24(29-28(4,5)6)27(30)21-12-17-25(31-22-13-8-19(2)9-14-22)26(18-21)32-23-15-10-20(3)11-16-23/h8-18,24,29H,7H2,1-6H3. The third kappa shape index (κ3) is 6.44. The van der Waals surface area contributed by atoms with Gasteiger partial charge in [-0.1, -0.05) is 42.3 Å². The van der Waals surface area contributed by atoms with E-state index >= 15 is 0 Å². The molecule has 1 unspecified atom stereocenters. The third-order valence-electron chi connectivity index (χ3n) is 5.06. The molecule has 0 saturated heterocycles. The van der Waals surface area contributed by atoms with Crippen molar-refractivity contribution in [3.05, 3.63) is 83.4 Å². The molecular formula is C28H33NO3. The second-order valence-corrected chi connectivity index (χ2v) is 9.21. The maximum Gasteiger partial charge on any atom is 0.179 e. The summed E-state index contributed by atoms with van der Waals surface area (Å²) in [4.78, 5) is 13.3. The lowest BCUT2D eigenvalue weighted by molar-refractivity contribution is 0.0923. The second kappa shape index (κ2) is 10.0. The third-order valence-corrected chi connectivity index (χ3v) is 5.06. The van der Waals surface area contributed by atoms with Crippen LogP contribution in [0, 0.1) is 13.8 Å². The number of carbonyl (C=O) groups excluding carboxylic acids is 1. The summed E-state index contributed by atoms with van der Waals surface area (Å²) in [6.07, 6.45) is 0.700. The Morgan fingerprint density at radius 1 is 0.812 bits per heavy atom. The van der Waals surface area contributed by atoms with E-state index in [4.69, 9.17) is 9.47 Å². The molecule has 3 aromatic rings. The molecule has 0 saturated carbocycles. The number of aryl methyl sites for hydroxylation is 2. The van der Waals surface area contributed by atoms with Gasteiger partial charge in [-0.25, -0.2) is 0 Å². The summed E-state index contributed by atoms with van der Waals surface area (Å²) in [5, 5.41) is 3.42. The average Bonchev–Trinajstić information content (AvgIpc) is 2.75. The maximum atomic E-state index is 13.3. The van der Waals surface area contributed by atoms with Gasteiger partial charge in [0.1, 0.15) is 11.5 Å². The molecule has 4 heteroatoms. The van der Waals surface area contributed by atoms with Gasteiger partial charge in [-0.15, -0.1) is 0 Å². The van der Waals surface area contributed by atoms with E-state index in [2.05, 4.69) is 26.1 Å². The Morgan fingerprint density at radius 2 is 1.31 bits per heavy atom. The Morgan fingerprint density at radius 3 is 1.78 bits per heavy atom. The van der Waals surface area contributed by atoms with Crippen LogP contribution < -0.4 is 14.8 Å². The van der Waals surface area contributed by atoms with Crippen molar-refractivity contribution >= 4 is 5.78 Å². The predicted molar refractivity (Wildman–Crippen MR) is 130 cm³/mol. The molecule has 0 bridgehead atoms. The molecule has 0 amide bonds. The minimum absolute atomic E-state index is 0.0399. The zero-order valence-corrected chi connectivity index (χ0v) is 19.9. The first kappa shape index (κ1) is 23.6. The van der Waals surface area contributed by atoms with Gasteiger partial charge in [0.2, 0.25) is 0 Å². The minimum Gasteiger partial charge on any atom is -0.453 e. The lowest BCUT2D eigenvalue weighted by Crippen LogP contribution is -2.47. The maximum absolute atomic E-state index is 13.3. The van der Waals surface area contributed by atoms with Crippen molar-refractivity contribution in [2.75, 3.05) is 0 Å². The lowest BCUT2D eigenvalue weighted by atomic mass is 9.98. The molecule has 0 aliphatic rings. The summed E-state index contributed by atoms with van der Waals surface area (Å²) in [5.41, 5.74) is 2.74. The Hall–Kier alpha value is -3.11. The number of Topliss-reactive ketones (excluding diaryl/α,β-unsaturated/α-hetero) is 1. The number of benzene rings is 3. The molecule has 168 valence electrons. The van der Waals surface area contributed by atoms with Crippen molar-refractivity contribution in [1.82, 2.24) is 5.32 Å². The van der Waals surface area contributed by atoms with Gasteiger partial charge in [0.05, 0.1) is 6.04 Å². The number of ketones is 1. The fourth-order valence-electron chi connectivity index (χ4n) is 3.37. The highest BCUT2D eigenvalue weighted by molar-refractivity contribution is 6.00. The Kier molecular flexibility index (Phi) is 7.37. The van der Waals surface area contributed by atoms with E-state index in [9.17, 15) is 4.79 Å². The van der Waals surface area contributed by atoms with Crippen LogP contribution in [-0.4, -0.2) is 17.4 Å². The first-order valence-corrected chi connectivity index (χ1v) is 11.1. The molecule has 32 heavy (non-hydrogen) atoms. The van der Waals surface area contributed by atoms with Gasteiger partial charge >= 0.3 is 0 Å². The number of rotatable bonds is 8. The monoisotopic (exact) mass is 431 g/mol. The molecule has 0 radical (unpaired) electrons. The number of carbonyl (C=O) groups is 1. The highest BCUT2D eigenvalue weighted by Gasteiger charge is 2.24. The molecule has 3 rings (SSSR count). The van der Waals surface area contributed by atoms with Gasteiger partial charge < -0.3 is 14.8 Å². The zero-order chi connectivity index (χ0) is 23.3. The Labute approximate surface area is 191 Å². The summed E-state index contributed by atoms with van der Waals surface area (Å²) >= 11 is 0. The Balaban J connectivity index is 1.95. The summed E-state index contributed by atoms with van der Waals surface area (Å²) in [5.74, 6) is 2.50. The van der Waals surface area contributed by atoms with Crippen LogP contribution >= 0.6 is 0 Å². The first-order chi connectivity index (χ1) is 15.1. The van der Waals surface area contributed by atoms with Crippen LogP contribution in [-0.2, 0) is 0 Å². The molecule has 1 atom stereocenters. The van der Waals surface area contributed by atoms with E-state index in [1.807, 2.05) is 69.3 Å². The van der Waals surface area contributed by atoms with E-state index in [-0.39, 0.29) is 17.4 Å². The fraction of sp³-hybridized carbons (Fsp3) is 0.321. The van der Waals surface area contributed by atoms with Crippen LogP contribution in [0.2, 0.25) is 0 Å². The summed E-state index contributed by atoms with van der Waals surface area (Å²) in [7, 11) is 0. The molecular weight excluding hydrogens is 398 g/mol. The van der Waals surface area contributed by atoms with Crippen molar-refractivity contribution in [2.24, 2.45) is 0 Å². The topological polar surface area (TPSA) is 47.6 Å². The van der Waals surface area contributed by atoms with Crippen LogP contribution in [0.4, 0.5) is 0 Å². The van der Waals surface area contributed by atoms with Crippen LogP contribution in [0.5, 0.6) is 23.0 Å². The highest BCUT2D eigenvalue weighted by Crippen LogP contribution is 2.36. The van der Waals surface area contributed by atoms with Gasteiger partial charge in [-0.3, -0.25) is 4.79 Å². The smallest absolute Gasteiger partial charge is 0.179 e. The van der Waals surface area contributed by atoms with Gasteiger partial charge in [0.25, 0.3) is 0 Å². The number of ether oxygens (including phenoxy) is 2. The number of hydrogen-bond acceptors (Lipinski definition) is 4. The van der Waals surface area contributed by atoms with Gasteiger partial charge in [0.15, 0.2) is 17.3 Å². The van der Waals surface area contributed by atoms with Crippen LogP contribution in [0.15, 0.2) is 66.7 Å². The average molecular weight is 432 g/mol. The predicted octanol–water partition coefficient (Wildman–Crippen LogP) is 7.24. The number of hydrogen-bond donors (Lipinski definition) is 1. The van der Waals surface area contributed by atoms with Gasteiger partial charge in [-0.2, -0.15) is 0 Å². The van der Waals surface area contributed by atoms with Gasteiger partial charge in [0, 0.05) is 11.1 Å². The van der Waals surface area contributed by atoms with Crippen LogP contribution in [0.3, 0.4) is 0 Å². The minimum atomic E-state index is -0.272. The lowest BCUT2D eigenvalue weighted by Gasteiger charge is -2.27. The molecule has 0 fully saturated rings. The normalized spacial score (nSPS) is 12.3. The molecule has 0 aliphatic carbocycles. The van der Waals surface area contributed by atoms with Gasteiger partial charge in [-0.05, 0) is 83.5 Å². The highest BCUT2D eigenvalue weighted by atomic mass is 16.5. The molecule has 0 spiro atoms.